The van der Waals surface area contributed by atoms with Crippen LogP contribution in [0.25, 0.3) is 0 Å². The van der Waals surface area contributed by atoms with E-state index in [1.165, 1.54) is 11.8 Å². The highest BCUT2D eigenvalue weighted by atomic mass is 32.2. The van der Waals surface area contributed by atoms with Gasteiger partial charge in [0.05, 0.1) is 0 Å². The summed E-state index contributed by atoms with van der Waals surface area (Å²) in [6.07, 6.45) is 1.84. The second-order valence-corrected chi connectivity index (χ2v) is 2.68. The third kappa shape index (κ3) is 1.45. The van der Waals surface area contributed by atoms with E-state index < -0.39 is 0 Å². The van der Waals surface area contributed by atoms with Crippen LogP contribution in [0, 0.1) is 0 Å². The van der Waals surface area contributed by atoms with Gasteiger partial charge in [-0.2, -0.15) is 4.98 Å². The summed E-state index contributed by atoms with van der Waals surface area (Å²) in [6, 6.07) is 0. The molecule has 0 spiro atoms. The highest BCUT2D eigenvalue weighted by Crippen LogP contribution is 2.24. The van der Waals surface area contributed by atoms with Crippen molar-refractivity contribution in [2.75, 3.05) is 23.5 Å². The van der Waals surface area contributed by atoms with E-state index in [1.54, 1.807) is 0 Å². The molecule has 11 heavy (non-hydrogen) atoms. The van der Waals surface area contributed by atoms with Gasteiger partial charge in [-0.25, -0.2) is 4.98 Å². The fraction of sp³-hybridized carbons (Fsp3) is 0.200. The summed E-state index contributed by atoms with van der Waals surface area (Å²) in [4.78, 5) is 7.56. The van der Waals surface area contributed by atoms with E-state index in [9.17, 15) is 0 Å². The molecule has 0 bridgehead atoms. The summed E-state index contributed by atoms with van der Waals surface area (Å²) >= 11 is 1.39. The molecular formula is C5H9N5S. The predicted molar refractivity (Wildman–Crippen MR) is 47.1 cm³/mol. The lowest BCUT2D eigenvalue weighted by Crippen LogP contribution is -2.05. The molecule has 6 N–H and O–H groups in total. The summed E-state index contributed by atoms with van der Waals surface area (Å²) in [5.74, 6) is 0.392. The molecule has 0 fully saturated rings. The maximum absolute atomic E-state index is 5.54. The van der Waals surface area contributed by atoms with E-state index in [1.807, 2.05) is 6.26 Å². The first kappa shape index (κ1) is 7.93. The summed E-state index contributed by atoms with van der Waals surface area (Å²) in [5, 5.41) is 0.620. The second-order valence-electron chi connectivity index (χ2n) is 1.89. The molecule has 0 aliphatic rings. The van der Waals surface area contributed by atoms with Gasteiger partial charge in [0.1, 0.15) is 10.7 Å². The van der Waals surface area contributed by atoms with Crippen molar-refractivity contribution in [3.8, 4) is 0 Å². The van der Waals surface area contributed by atoms with Crippen molar-refractivity contribution in [1.29, 1.82) is 0 Å². The molecule has 5 nitrogen and oxygen atoms in total. The summed E-state index contributed by atoms with van der Waals surface area (Å²) < 4.78 is 0. The zero-order chi connectivity index (χ0) is 8.43. The van der Waals surface area contributed by atoms with Gasteiger partial charge in [-0.05, 0) is 6.26 Å². The topological polar surface area (TPSA) is 104 Å². The lowest BCUT2D eigenvalue weighted by Gasteiger charge is -2.03. The van der Waals surface area contributed by atoms with Crippen molar-refractivity contribution in [2.24, 2.45) is 0 Å². The Morgan fingerprint density at radius 2 is 1.82 bits per heavy atom. The average Bonchev–Trinajstić information content (AvgIpc) is 1.96. The Bertz CT molecular complexity index is 274. The van der Waals surface area contributed by atoms with Crippen molar-refractivity contribution in [3.63, 3.8) is 0 Å². The molecule has 0 aliphatic heterocycles. The van der Waals surface area contributed by atoms with Crippen LogP contribution in [0.2, 0.25) is 0 Å². The first-order valence-electron chi connectivity index (χ1n) is 2.87. The van der Waals surface area contributed by atoms with Gasteiger partial charge in [0.15, 0.2) is 5.82 Å². The van der Waals surface area contributed by atoms with Crippen molar-refractivity contribution in [3.05, 3.63) is 0 Å². The van der Waals surface area contributed by atoms with Crippen LogP contribution >= 0.6 is 11.8 Å². The molecule has 1 aromatic heterocycles. The predicted octanol–water partition coefficient (Wildman–Crippen LogP) is -0.0549. The number of rotatable bonds is 1. The van der Waals surface area contributed by atoms with E-state index in [2.05, 4.69) is 9.97 Å². The van der Waals surface area contributed by atoms with Gasteiger partial charge in [-0.3, -0.25) is 0 Å². The smallest absolute Gasteiger partial charge is 0.223 e. The minimum Gasteiger partial charge on any atom is -0.394 e. The van der Waals surface area contributed by atoms with Crippen LogP contribution in [-0.2, 0) is 0 Å². The molecule has 0 aromatic carbocycles. The molecule has 1 heterocycles. The van der Waals surface area contributed by atoms with Gasteiger partial charge in [0.2, 0.25) is 5.95 Å². The monoisotopic (exact) mass is 171 g/mol. The Morgan fingerprint density at radius 3 is 2.36 bits per heavy atom. The SMILES string of the molecule is CSc1nc(N)nc(N)c1N. The lowest BCUT2D eigenvalue weighted by atomic mass is 10.5. The van der Waals surface area contributed by atoms with E-state index in [4.69, 9.17) is 17.2 Å². The van der Waals surface area contributed by atoms with Crippen LogP contribution in [0.4, 0.5) is 17.5 Å². The van der Waals surface area contributed by atoms with Crippen LogP contribution in [-0.4, -0.2) is 16.2 Å². The number of nitrogens with zero attached hydrogens (tertiary/aromatic N) is 2. The van der Waals surface area contributed by atoms with Crippen LogP contribution in [0.15, 0.2) is 5.03 Å². The van der Waals surface area contributed by atoms with Gasteiger partial charge >= 0.3 is 0 Å². The molecule has 0 atom stereocenters. The zero-order valence-corrected chi connectivity index (χ0v) is 6.85. The quantitative estimate of drug-likeness (QED) is 0.404. The van der Waals surface area contributed by atoms with E-state index in [-0.39, 0.29) is 11.8 Å². The maximum Gasteiger partial charge on any atom is 0.223 e. The fourth-order valence-electron chi connectivity index (χ4n) is 0.638. The number of hydrogen-bond donors (Lipinski definition) is 3. The first-order chi connectivity index (χ1) is 5.15. The largest absolute Gasteiger partial charge is 0.394 e. The third-order valence-corrected chi connectivity index (χ3v) is 1.85. The molecule has 0 aliphatic carbocycles. The normalized spacial score (nSPS) is 9.91. The van der Waals surface area contributed by atoms with Crippen LogP contribution in [0.1, 0.15) is 0 Å². The fourth-order valence-corrected chi connectivity index (χ4v) is 1.15. The Kier molecular flexibility index (Phi) is 2.04. The van der Waals surface area contributed by atoms with E-state index >= 15 is 0 Å². The number of thioether (sulfide) groups is 1. The number of hydrogen-bond acceptors (Lipinski definition) is 6. The van der Waals surface area contributed by atoms with Crippen molar-refractivity contribution in [2.45, 2.75) is 5.03 Å². The molecule has 0 radical (unpaired) electrons. The zero-order valence-electron chi connectivity index (χ0n) is 6.03. The maximum atomic E-state index is 5.54. The van der Waals surface area contributed by atoms with Crippen LogP contribution in [0.3, 0.4) is 0 Å². The minimum absolute atomic E-state index is 0.154. The standard InChI is InChI=1S/C5H9N5S/c1-11-4-2(6)3(7)9-5(8)10-4/h6H2,1H3,(H4,7,8,9,10). The van der Waals surface area contributed by atoms with Crippen molar-refractivity contribution >= 4 is 29.2 Å². The van der Waals surface area contributed by atoms with Gasteiger partial charge in [0, 0.05) is 0 Å². The van der Waals surface area contributed by atoms with Crippen LogP contribution in [0.5, 0.6) is 0 Å². The number of nitrogen functional groups attached to an aromatic ring is 3. The Balaban J connectivity index is 3.24. The molecule has 1 aromatic rings. The van der Waals surface area contributed by atoms with Gasteiger partial charge in [-0.1, -0.05) is 0 Å². The van der Waals surface area contributed by atoms with E-state index in [0.717, 1.165) is 0 Å². The molecular weight excluding hydrogens is 162 g/mol. The molecule has 0 saturated carbocycles. The number of aromatic nitrogens is 2. The molecule has 60 valence electrons. The molecule has 0 saturated heterocycles. The average molecular weight is 171 g/mol. The van der Waals surface area contributed by atoms with E-state index in [0.29, 0.717) is 10.7 Å². The summed E-state index contributed by atoms with van der Waals surface area (Å²) in [6.45, 7) is 0. The molecule has 6 heteroatoms. The molecule has 1 rings (SSSR count). The highest BCUT2D eigenvalue weighted by molar-refractivity contribution is 7.98. The number of anilines is 3. The Morgan fingerprint density at radius 1 is 1.18 bits per heavy atom. The molecule has 0 amide bonds. The Hall–Kier alpha value is -1.17. The summed E-state index contributed by atoms with van der Waals surface area (Å²) in [5.41, 5.74) is 16.7. The minimum atomic E-state index is 0.154. The van der Waals surface area contributed by atoms with Gasteiger partial charge in [0.25, 0.3) is 0 Å². The lowest BCUT2D eigenvalue weighted by molar-refractivity contribution is 1.08. The Labute approximate surface area is 68.4 Å². The summed E-state index contributed by atoms with van der Waals surface area (Å²) in [7, 11) is 0. The first-order valence-corrected chi connectivity index (χ1v) is 4.10. The third-order valence-electron chi connectivity index (χ3n) is 1.15. The number of nitrogens with two attached hydrogens (primary N) is 3. The molecule has 0 unspecified atom stereocenters. The highest BCUT2D eigenvalue weighted by Gasteiger charge is 2.05. The van der Waals surface area contributed by atoms with Crippen molar-refractivity contribution in [1.82, 2.24) is 9.97 Å². The van der Waals surface area contributed by atoms with Crippen molar-refractivity contribution < 1.29 is 0 Å². The van der Waals surface area contributed by atoms with Gasteiger partial charge < -0.3 is 17.2 Å². The second kappa shape index (κ2) is 2.83. The van der Waals surface area contributed by atoms with Crippen LogP contribution < -0.4 is 17.2 Å². The van der Waals surface area contributed by atoms with Gasteiger partial charge in [-0.15, -0.1) is 11.8 Å².